The molecule has 0 bridgehead atoms. The maximum atomic E-state index is 12.9. The molecule has 1 aliphatic heterocycles. The number of hydrogen-bond acceptors (Lipinski definition) is 4. The number of ether oxygens (including phenoxy) is 2. The van der Waals surface area contributed by atoms with E-state index in [4.69, 9.17) is 21.1 Å². The minimum atomic E-state index is -0.725. The lowest BCUT2D eigenvalue weighted by atomic mass is 10.0. The third-order valence-electron chi connectivity index (χ3n) is 4.41. The molecule has 1 atom stereocenters. The van der Waals surface area contributed by atoms with Crippen molar-refractivity contribution in [3.8, 4) is 11.5 Å². The van der Waals surface area contributed by atoms with Crippen LogP contribution < -0.4 is 20.1 Å². The van der Waals surface area contributed by atoms with E-state index in [-0.39, 0.29) is 17.7 Å². The largest absolute Gasteiger partial charge is 0.486 e. The van der Waals surface area contributed by atoms with Gasteiger partial charge in [0, 0.05) is 17.7 Å². The summed E-state index contributed by atoms with van der Waals surface area (Å²) in [6.07, 6.45) is 0. The van der Waals surface area contributed by atoms with Crippen LogP contribution in [0.25, 0.3) is 0 Å². The monoisotopic (exact) mass is 402 g/mol. The summed E-state index contributed by atoms with van der Waals surface area (Å²) in [5, 5.41) is 5.94. The number of aryl methyl sites for hydroxylation is 1. The highest BCUT2D eigenvalue weighted by atomic mass is 35.5. The average molecular weight is 403 g/mol. The minimum absolute atomic E-state index is 0.121. The lowest BCUT2D eigenvalue weighted by molar-refractivity contribution is -0.118. The van der Waals surface area contributed by atoms with Gasteiger partial charge in [0.2, 0.25) is 5.91 Å². The van der Waals surface area contributed by atoms with Gasteiger partial charge in [0.05, 0.1) is 10.7 Å². The molecule has 7 heteroatoms. The van der Waals surface area contributed by atoms with Crippen LogP contribution in [0.3, 0.4) is 0 Å². The molecule has 1 aliphatic rings. The standard InChI is InChI=1S/C21H23ClN2O4/c1-12(2)19(24-20(25)14-6-4-5-13(3)9-14)21(26)23-16-11-18-17(10-15(16)22)27-7-8-28-18/h4-6,9-12,19H,7-8H2,1-3H3,(H,23,26)(H,24,25)/t19-/m0/s1. The van der Waals surface area contributed by atoms with E-state index in [9.17, 15) is 9.59 Å². The van der Waals surface area contributed by atoms with Crippen LogP contribution in [0.15, 0.2) is 36.4 Å². The maximum Gasteiger partial charge on any atom is 0.251 e. The molecule has 0 saturated heterocycles. The number of amides is 2. The Morgan fingerprint density at radius 1 is 1.07 bits per heavy atom. The number of fused-ring (bicyclic) bond motifs is 1. The van der Waals surface area contributed by atoms with E-state index in [1.54, 1.807) is 24.3 Å². The number of carbonyl (C=O) groups excluding carboxylic acids is 2. The summed E-state index contributed by atoms with van der Waals surface area (Å²) in [4.78, 5) is 25.4. The average Bonchev–Trinajstić information content (AvgIpc) is 2.66. The molecule has 2 amide bonds. The Hall–Kier alpha value is -2.73. The number of nitrogens with one attached hydrogen (secondary N) is 2. The number of benzene rings is 2. The smallest absolute Gasteiger partial charge is 0.251 e. The van der Waals surface area contributed by atoms with Crippen LogP contribution >= 0.6 is 11.6 Å². The van der Waals surface area contributed by atoms with Crippen molar-refractivity contribution in [2.45, 2.75) is 26.8 Å². The molecule has 0 aromatic heterocycles. The van der Waals surface area contributed by atoms with Gasteiger partial charge in [-0.25, -0.2) is 0 Å². The highest BCUT2D eigenvalue weighted by Gasteiger charge is 2.26. The fourth-order valence-corrected chi connectivity index (χ4v) is 3.12. The SMILES string of the molecule is Cc1cccc(C(=O)N[C@H](C(=O)Nc2cc3c(cc2Cl)OCCO3)C(C)C)c1. The van der Waals surface area contributed by atoms with Crippen molar-refractivity contribution < 1.29 is 19.1 Å². The Morgan fingerprint density at radius 3 is 2.39 bits per heavy atom. The zero-order chi connectivity index (χ0) is 20.3. The second kappa shape index (κ2) is 8.52. The third kappa shape index (κ3) is 4.57. The van der Waals surface area contributed by atoms with Gasteiger partial charge >= 0.3 is 0 Å². The fraction of sp³-hybridized carbons (Fsp3) is 0.333. The summed E-state index contributed by atoms with van der Waals surface area (Å²) in [6, 6.07) is 9.74. The van der Waals surface area contributed by atoms with Gasteiger partial charge in [-0.1, -0.05) is 43.1 Å². The Bertz CT molecular complexity index is 898. The first-order valence-electron chi connectivity index (χ1n) is 9.12. The fourth-order valence-electron chi connectivity index (χ4n) is 2.92. The predicted octanol–water partition coefficient (Wildman–Crippen LogP) is 3.81. The first-order valence-corrected chi connectivity index (χ1v) is 9.50. The lowest BCUT2D eigenvalue weighted by Gasteiger charge is -2.23. The zero-order valence-electron chi connectivity index (χ0n) is 16.0. The summed E-state index contributed by atoms with van der Waals surface area (Å²) in [6.45, 7) is 6.53. The number of halogens is 1. The predicted molar refractivity (Wildman–Crippen MR) is 108 cm³/mol. The van der Waals surface area contributed by atoms with Crippen LogP contribution in [0.4, 0.5) is 5.69 Å². The Balaban J connectivity index is 1.76. The van der Waals surface area contributed by atoms with Crippen LogP contribution in [0.1, 0.15) is 29.8 Å². The van der Waals surface area contributed by atoms with Crippen LogP contribution in [-0.2, 0) is 4.79 Å². The Labute approximate surface area is 169 Å². The lowest BCUT2D eigenvalue weighted by Crippen LogP contribution is -2.47. The molecule has 2 aromatic rings. The van der Waals surface area contributed by atoms with E-state index in [0.717, 1.165) is 5.56 Å². The summed E-state index contributed by atoms with van der Waals surface area (Å²) >= 11 is 6.27. The van der Waals surface area contributed by atoms with Crippen molar-refractivity contribution in [3.05, 3.63) is 52.5 Å². The van der Waals surface area contributed by atoms with Gasteiger partial charge in [-0.2, -0.15) is 0 Å². The van der Waals surface area contributed by atoms with E-state index >= 15 is 0 Å². The van der Waals surface area contributed by atoms with E-state index in [2.05, 4.69) is 10.6 Å². The number of hydrogen-bond donors (Lipinski definition) is 2. The maximum absolute atomic E-state index is 12.9. The molecule has 0 spiro atoms. The van der Waals surface area contributed by atoms with Gasteiger partial charge in [0.25, 0.3) is 5.91 Å². The van der Waals surface area contributed by atoms with E-state index in [1.165, 1.54) is 0 Å². The molecular formula is C21H23ClN2O4. The summed E-state index contributed by atoms with van der Waals surface area (Å²) in [5.41, 5.74) is 1.89. The third-order valence-corrected chi connectivity index (χ3v) is 4.72. The van der Waals surface area contributed by atoms with Gasteiger partial charge in [0.1, 0.15) is 19.3 Å². The quantitative estimate of drug-likeness (QED) is 0.797. The molecule has 0 saturated carbocycles. The van der Waals surface area contributed by atoms with Crippen molar-refractivity contribution in [2.24, 2.45) is 5.92 Å². The second-order valence-corrected chi connectivity index (χ2v) is 7.44. The van der Waals surface area contributed by atoms with Gasteiger partial charge < -0.3 is 20.1 Å². The van der Waals surface area contributed by atoms with E-state index in [1.807, 2.05) is 32.9 Å². The molecule has 0 fully saturated rings. The van der Waals surface area contributed by atoms with Gasteiger partial charge in [-0.15, -0.1) is 0 Å². The molecule has 3 rings (SSSR count). The topological polar surface area (TPSA) is 76.7 Å². The molecule has 0 radical (unpaired) electrons. The number of anilines is 1. The van der Waals surface area contributed by atoms with Crippen LogP contribution in [0.5, 0.6) is 11.5 Å². The summed E-state index contributed by atoms with van der Waals surface area (Å²) in [5.74, 6) is 0.295. The molecule has 0 unspecified atom stereocenters. The highest BCUT2D eigenvalue weighted by molar-refractivity contribution is 6.34. The molecule has 2 aromatic carbocycles. The van der Waals surface area contributed by atoms with Crippen LogP contribution in [0.2, 0.25) is 5.02 Å². The van der Waals surface area contributed by atoms with Gasteiger partial charge in [-0.3, -0.25) is 9.59 Å². The van der Waals surface area contributed by atoms with Crippen LogP contribution in [-0.4, -0.2) is 31.1 Å². The van der Waals surface area contributed by atoms with Crippen molar-refractivity contribution in [1.29, 1.82) is 0 Å². The first-order chi connectivity index (χ1) is 13.3. The molecule has 2 N–H and O–H groups in total. The van der Waals surface area contributed by atoms with Gasteiger partial charge in [0.15, 0.2) is 11.5 Å². The van der Waals surface area contributed by atoms with Crippen molar-refractivity contribution in [1.82, 2.24) is 5.32 Å². The minimum Gasteiger partial charge on any atom is -0.486 e. The molecular weight excluding hydrogens is 380 g/mol. The highest BCUT2D eigenvalue weighted by Crippen LogP contribution is 2.38. The second-order valence-electron chi connectivity index (χ2n) is 7.03. The summed E-state index contributed by atoms with van der Waals surface area (Å²) < 4.78 is 11.0. The Morgan fingerprint density at radius 2 is 1.75 bits per heavy atom. The van der Waals surface area contributed by atoms with Crippen LogP contribution in [0, 0.1) is 12.8 Å². The molecule has 28 heavy (non-hydrogen) atoms. The van der Waals surface area contributed by atoms with Crippen molar-refractivity contribution in [2.75, 3.05) is 18.5 Å². The van der Waals surface area contributed by atoms with E-state index < -0.39 is 6.04 Å². The number of rotatable bonds is 5. The first kappa shape index (κ1) is 20.0. The van der Waals surface area contributed by atoms with E-state index in [0.29, 0.717) is 41.0 Å². The van der Waals surface area contributed by atoms with Gasteiger partial charge in [-0.05, 0) is 25.0 Å². The molecule has 1 heterocycles. The molecule has 0 aliphatic carbocycles. The van der Waals surface area contributed by atoms with Crippen molar-refractivity contribution in [3.63, 3.8) is 0 Å². The molecule has 148 valence electrons. The van der Waals surface area contributed by atoms with Crippen molar-refractivity contribution >= 4 is 29.1 Å². The summed E-state index contributed by atoms with van der Waals surface area (Å²) in [7, 11) is 0. The number of carbonyl (C=O) groups is 2. The normalized spacial score (nSPS) is 13.8. The molecule has 6 nitrogen and oxygen atoms in total. The zero-order valence-corrected chi connectivity index (χ0v) is 16.8. The Kier molecular flexibility index (Phi) is 6.09.